The van der Waals surface area contributed by atoms with Gasteiger partial charge in [-0.3, -0.25) is 10.6 Å². The van der Waals surface area contributed by atoms with Crippen LogP contribution in [0.3, 0.4) is 0 Å². The largest absolute Gasteiger partial charge is 0.328 e. The predicted octanol–water partition coefficient (Wildman–Crippen LogP) is -1.46. The monoisotopic (exact) mass is 138 g/mol. The molecule has 0 spiro atoms. The molecule has 4 nitrogen and oxygen atoms in total. The molecule has 0 aliphatic carbocycles. The quantitative estimate of drug-likeness (QED) is 0.357. The predicted molar refractivity (Wildman–Crippen MR) is 37.4 cm³/mol. The molecular formula is C6H10N4. The minimum atomic E-state index is 0.280. The average Bonchev–Trinajstić information content (AvgIpc) is 2.59. The van der Waals surface area contributed by atoms with Gasteiger partial charge in [-0.25, -0.2) is 5.43 Å². The number of hydrogen-bond acceptors (Lipinski definition) is 4. The van der Waals surface area contributed by atoms with Gasteiger partial charge in [0.15, 0.2) is 0 Å². The summed E-state index contributed by atoms with van der Waals surface area (Å²) in [5, 5.41) is 6.55. The van der Waals surface area contributed by atoms with Crippen LogP contribution < -0.4 is 21.5 Å². The third-order valence-corrected chi connectivity index (χ3v) is 1.64. The molecule has 0 aromatic carbocycles. The second-order valence-corrected chi connectivity index (χ2v) is 2.34. The molecule has 2 aliphatic rings. The zero-order valence-electron chi connectivity index (χ0n) is 5.57. The van der Waals surface area contributed by atoms with Gasteiger partial charge in [0.25, 0.3) is 0 Å². The summed E-state index contributed by atoms with van der Waals surface area (Å²) in [6.45, 7) is 5.04. The van der Waals surface area contributed by atoms with E-state index in [9.17, 15) is 0 Å². The van der Waals surface area contributed by atoms with Crippen LogP contribution in [-0.4, -0.2) is 19.3 Å². The fraction of sp³-hybridized carbons (Fsp3) is 0.500. The summed E-state index contributed by atoms with van der Waals surface area (Å²) >= 11 is 0. The molecule has 1 saturated heterocycles. The molecule has 0 saturated carbocycles. The Hall–Kier alpha value is -0.580. The lowest BCUT2D eigenvalue weighted by Crippen LogP contribution is -2.33. The molecule has 2 aliphatic heterocycles. The Morgan fingerprint density at radius 3 is 2.80 bits per heavy atom. The van der Waals surface area contributed by atoms with E-state index in [0.717, 1.165) is 18.7 Å². The van der Waals surface area contributed by atoms with E-state index in [1.165, 1.54) is 0 Å². The summed E-state index contributed by atoms with van der Waals surface area (Å²) in [5.41, 5.74) is 6.73. The van der Waals surface area contributed by atoms with Gasteiger partial charge in [-0.15, -0.1) is 0 Å². The summed E-state index contributed by atoms with van der Waals surface area (Å²) in [5.74, 6) is 0. The van der Waals surface area contributed by atoms with Crippen molar-refractivity contribution in [3.05, 3.63) is 18.3 Å². The third kappa shape index (κ3) is 1.01. The minimum absolute atomic E-state index is 0.280. The molecule has 4 heteroatoms. The Labute approximate surface area is 60.0 Å². The highest BCUT2D eigenvalue weighted by Gasteiger charge is 2.19. The van der Waals surface area contributed by atoms with Crippen molar-refractivity contribution in [2.45, 2.75) is 6.17 Å². The molecule has 0 unspecified atom stereocenters. The van der Waals surface area contributed by atoms with Crippen molar-refractivity contribution in [3.8, 4) is 0 Å². The van der Waals surface area contributed by atoms with Crippen molar-refractivity contribution in [2.75, 3.05) is 13.1 Å². The van der Waals surface area contributed by atoms with E-state index in [1.807, 2.05) is 6.20 Å². The molecule has 1 fully saturated rings. The lowest BCUT2D eigenvalue weighted by Gasteiger charge is -2.08. The Morgan fingerprint density at radius 2 is 2.20 bits per heavy atom. The Balaban J connectivity index is 1.97. The SMILES string of the molecule is [C]1NNC=C1C1NCCN1. The molecule has 2 heterocycles. The summed E-state index contributed by atoms with van der Waals surface area (Å²) in [7, 11) is 0. The maximum atomic E-state index is 3.28. The number of hydrogen-bond donors (Lipinski definition) is 4. The van der Waals surface area contributed by atoms with Gasteiger partial charge in [0, 0.05) is 24.9 Å². The van der Waals surface area contributed by atoms with Crippen molar-refractivity contribution in [1.82, 2.24) is 21.5 Å². The lowest BCUT2D eigenvalue weighted by atomic mass is 10.2. The van der Waals surface area contributed by atoms with Crippen molar-refractivity contribution < 1.29 is 0 Å². The van der Waals surface area contributed by atoms with Crippen LogP contribution in [0.1, 0.15) is 0 Å². The lowest BCUT2D eigenvalue weighted by molar-refractivity contribution is 0.633. The second kappa shape index (κ2) is 2.57. The van der Waals surface area contributed by atoms with Gasteiger partial charge in [-0.1, -0.05) is 0 Å². The maximum Gasteiger partial charge on any atom is 0.115 e. The maximum absolute atomic E-state index is 3.28. The van der Waals surface area contributed by atoms with Gasteiger partial charge >= 0.3 is 0 Å². The van der Waals surface area contributed by atoms with Crippen molar-refractivity contribution in [1.29, 1.82) is 0 Å². The molecule has 2 rings (SSSR count). The number of rotatable bonds is 1. The molecule has 0 aromatic rings. The molecule has 54 valence electrons. The van der Waals surface area contributed by atoms with Crippen molar-refractivity contribution in [2.24, 2.45) is 0 Å². The molecule has 4 N–H and O–H groups in total. The van der Waals surface area contributed by atoms with E-state index in [1.54, 1.807) is 0 Å². The first-order valence-electron chi connectivity index (χ1n) is 3.40. The molecule has 10 heavy (non-hydrogen) atoms. The smallest absolute Gasteiger partial charge is 0.115 e. The average molecular weight is 138 g/mol. The Bertz CT molecular complexity index is 148. The summed E-state index contributed by atoms with van der Waals surface area (Å²) in [6, 6.07) is 0. The molecule has 0 atom stereocenters. The summed E-state index contributed by atoms with van der Waals surface area (Å²) in [4.78, 5) is 0. The van der Waals surface area contributed by atoms with E-state index in [-0.39, 0.29) is 6.17 Å². The van der Waals surface area contributed by atoms with Crippen LogP contribution in [0.15, 0.2) is 11.8 Å². The second-order valence-electron chi connectivity index (χ2n) is 2.34. The first-order chi connectivity index (χ1) is 4.97. The van der Waals surface area contributed by atoms with Crippen LogP contribution in [-0.2, 0) is 0 Å². The first kappa shape index (κ1) is 6.15. The molecular weight excluding hydrogens is 128 g/mol. The van der Waals surface area contributed by atoms with Crippen LogP contribution in [0.25, 0.3) is 0 Å². The van der Waals surface area contributed by atoms with Gasteiger partial charge in [-0.05, 0) is 0 Å². The van der Waals surface area contributed by atoms with Crippen LogP contribution in [0.5, 0.6) is 0 Å². The number of hydrazine groups is 1. The molecule has 0 bridgehead atoms. The fourth-order valence-electron chi connectivity index (χ4n) is 1.14. The van der Waals surface area contributed by atoms with Gasteiger partial charge in [0.2, 0.25) is 0 Å². The summed E-state index contributed by atoms with van der Waals surface area (Å²) < 4.78 is 0. The van der Waals surface area contributed by atoms with E-state index in [4.69, 9.17) is 0 Å². The van der Waals surface area contributed by atoms with E-state index in [0.29, 0.717) is 0 Å². The van der Waals surface area contributed by atoms with Gasteiger partial charge in [0.05, 0.1) is 6.17 Å². The highest BCUT2D eigenvalue weighted by Crippen LogP contribution is 2.06. The third-order valence-electron chi connectivity index (χ3n) is 1.64. The van der Waals surface area contributed by atoms with Crippen LogP contribution in [0, 0.1) is 6.54 Å². The van der Waals surface area contributed by atoms with Crippen LogP contribution >= 0.6 is 0 Å². The van der Waals surface area contributed by atoms with Crippen LogP contribution in [0.4, 0.5) is 0 Å². The summed E-state index contributed by atoms with van der Waals surface area (Å²) in [6.07, 6.45) is 2.18. The topological polar surface area (TPSA) is 48.1 Å². The first-order valence-corrected chi connectivity index (χ1v) is 3.40. The Morgan fingerprint density at radius 1 is 1.40 bits per heavy atom. The van der Waals surface area contributed by atoms with Gasteiger partial charge in [0.1, 0.15) is 6.54 Å². The van der Waals surface area contributed by atoms with E-state index < -0.39 is 0 Å². The number of nitrogens with one attached hydrogen (secondary N) is 4. The van der Waals surface area contributed by atoms with Crippen LogP contribution in [0.2, 0.25) is 0 Å². The molecule has 2 radical (unpaired) electrons. The highest BCUT2D eigenvalue weighted by molar-refractivity contribution is 5.22. The Kier molecular flexibility index (Phi) is 1.58. The van der Waals surface area contributed by atoms with E-state index >= 15 is 0 Å². The zero-order valence-corrected chi connectivity index (χ0v) is 5.57. The zero-order chi connectivity index (χ0) is 6.81. The minimum Gasteiger partial charge on any atom is -0.328 e. The molecule has 0 amide bonds. The van der Waals surface area contributed by atoms with Gasteiger partial charge < -0.3 is 5.43 Å². The molecule has 0 aromatic heterocycles. The fourth-order valence-corrected chi connectivity index (χ4v) is 1.14. The van der Waals surface area contributed by atoms with Crippen molar-refractivity contribution in [3.63, 3.8) is 0 Å². The van der Waals surface area contributed by atoms with E-state index in [2.05, 4.69) is 28.0 Å². The van der Waals surface area contributed by atoms with Crippen molar-refractivity contribution >= 4 is 0 Å². The van der Waals surface area contributed by atoms with Gasteiger partial charge in [-0.2, -0.15) is 0 Å². The standard InChI is InChI=1S/C6H10N4/c1-2-8-6(7-1)5-3-9-10-4-5/h3,6-10H,1-2H2. The normalized spacial score (nSPS) is 26.6. The highest BCUT2D eigenvalue weighted by atomic mass is 15.4.